The lowest BCUT2D eigenvalue weighted by atomic mass is 10.1. The van der Waals surface area contributed by atoms with Crippen LogP contribution in [0.4, 0.5) is 0 Å². The third kappa shape index (κ3) is 3.89. The van der Waals surface area contributed by atoms with Crippen LogP contribution in [0.15, 0.2) is 34.7 Å². The molecule has 2 aromatic rings. The summed E-state index contributed by atoms with van der Waals surface area (Å²) in [6.07, 6.45) is 0. The molecule has 0 aliphatic heterocycles. The first-order chi connectivity index (χ1) is 10.4. The van der Waals surface area contributed by atoms with Gasteiger partial charge in [-0.2, -0.15) is 0 Å². The van der Waals surface area contributed by atoms with Gasteiger partial charge in [0, 0.05) is 11.4 Å². The Labute approximate surface area is 132 Å². The van der Waals surface area contributed by atoms with Crippen LogP contribution in [0.3, 0.4) is 0 Å². The molecule has 0 aliphatic rings. The Kier molecular flexibility index (Phi) is 5.24. The molecule has 0 bridgehead atoms. The van der Waals surface area contributed by atoms with E-state index in [0.717, 1.165) is 16.7 Å². The van der Waals surface area contributed by atoms with Gasteiger partial charge in [-0.1, -0.05) is 32.0 Å². The summed E-state index contributed by atoms with van der Waals surface area (Å²) in [5, 5.41) is 4.13. The van der Waals surface area contributed by atoms with Gasteiger partial charge >= 0.3 is 0 Å². The number of nitrogens with zero attached hydrogens (tertiary/aromatic N) is 1. The normalized spacial score (nSPS) is 14.5. The van der Waals surface area contributed by atoms with E-state index in [-0.39, 0.29) is 18.0 Å². The standard InChI is InChI=1S/C18H26N2O2/c1-12(2)13(3)19-18(21)11-20(5)14(4)17-10-15-8-6-7-9-16(15)22-17/h6-10,12-14H,11H2,1-5H3,(H,19,21). The Morgan fingerprint density at radius 1 is 1.23 bits per heavy atom. The number of furan rings is 1. The quantitative estimate of drug-likeness (QED) is 0.887. The number of fused-ring (bicyclic) bond motifs is 1. The lowest BCUT2D eigenvalue weighted by Gasteiger charge is -2.24. The summed E-state index contributed by atoms with van der Waals surface area (Å²) < 4.78 is 5.88. The van der Waals surface area contributed by atoms with Crippen LogP contribution in [-0.4, -0.2) is 30.4 Å². The third-order valence-corrected chi connectivity index (χ3v) is 4.30. The van der Waals surface area contributed by atoms with Crippen LogP contribution >= 0.6 is 0 Å². The van der Waals surface area contributed by atoms with E-state index < -0.39 is 0 Å². The fraction of sp³-hybridized carbons (Fsp3) is 0.500. The molecule has 22 heavy (non-hydrogen) atoms. The minimum atomic E-state index is 0.0478. The summed E-state index contributed by atoms with van der Waals surface area (Å²) in [6, 6.07) is 10.2. The number of likely N-dealkylation sites (N-methyl/N-ethyl adjacent to an activating group) is 1. The van der Waals surface area contributed by atoms with Gasteiger partial charge in [-0.25, -0.2) is 0 Å². The first-order valence-corrected chi connectivity index (χ1v) is 7.86. The molecule has 0 fully saturated rings. The Balaban J connectivity index is 1.99. The fourth-order valence-electron chi connectivity index (χ4n) is 2.26. The molecule has 1 heterocycles. The number of hydrogen-bond donors (Lipinski definition) is 1. The van der Waals surface area contributed by atoms with Crippen molar-refractivity contribution in [3.05, 3.63) is 36.1 Å². The maximum Gasteiger partial charge on any atom is 0.234 e. The molecular weight excluding hydrogens is 276 g/mol. The van der Waals surface area contributed by atoms with Crippen molar-refractivity contribution in [2.45, 2.75) is 39.8 Å². The molecule has 4 heteroatoms. The average Bonchev–Trinajstić information content (AvgIpc) is 2.89. The van der Waals surface area contributed by atoms with Gasteiger partial charge in [0.25, 0.3) is 0 Å². The van der Waals surface area contributed by atoms with Crippen LogP contribution in [0.25, 0.3) is 11.0 Å². The molecule has 0 radical (unpaired) electrons. The van der Waals surface area contributed by atoms with Gasteiger partial charge in [0.05, 0.1) is 12.6 Å². The van der Waals surface area contributed by atoms with Crippen molar-refractivity contribution in [3.8, 4) is 0 Å². The molecule has 0 aliphatic carbocycles. The van der Waals surface area contributed by atoms with Gasteiger partial charge in [0.15, 0.2) is 0 Å². The van der Waals surface area contributed by atoms with E-state index in [1.54, 1.807) is 0 Å². The second-order valence-corrected chi connectivity index (χ2v) is 6.38. The highest BCUT2D eigenvalue weighted by Crippen LogP contribution is 2.26. The summed E-state index contributed by atoms with van der Waals surface area (Å²) in [6.45, 7) is 8.65. The van der Waals surface area contributed by atoms with Crippen molar-refractivity contribution >= 4 is 16.9 Å². The zero-order chi connectivity index (χ0) is 16.3. The van der Waals surface area contributed by atoms with E-state index in [4.69, 9.17) is 4.42 Å². The predicted octanol–water partition coefficient (Wildman–Crippen LogP) is 3.59. The maximum absolute atomic E-state index is 12.1. The summed E-state index contributed by atoms with van der Waals surface area (Å²) >= 11 is 0. The van der Waals surface area contributed by atoms with E-state index in [0.29, 0.717) is 12.5 Å². The molecule has 2 unspecified atom stereocenters. The molecule has 0 saturated heterocycles. The van der Waals surface area contributed by atoms with E-state index >= 15 is 0 Å². The number of hydrogen-bond acceptors (Lipinski definition) is 3. The molecule has 0 saturated carbocycles. The molecule has 2 atom stereocenters. The fourth-order valence-corrected chi connectivity index (χ4v) is 2.26. The minimum absolute atomic E-state index is 0.0478. The molecular formula is C18H26N2O2. The smallest absolute Gasteiger partial charge is 0.234 e. The highest BCUT2D eigenvalue weighted by Gasteiger charge is 2.19. The van der Waals surface area contributed by atoms with Crippen LogP contribution in [-0.2, 0) is 4.79 Å². The first kappa shape index (κ1) is 16.6. The first-order valence-electron chi connectivity index (χ1n) is 7.86. The summed E-state index contributed by atoms with van der Waals surface area (Å²) in [5.74, 6) is 1.36. The Morgan fingerprint density at radius 2 is 1.91 bits per heavy atom. The second kappa shape index (κ2) is 6.97. The minimum Gasteiger partial charge on any atom is -0.459 e. The van der Waals surface area contributed by atoms with Crippen LogP contribution in [0.5, 0.6) is 0 Å². The van der Waals surface area contributed by atoms with Crippen molar-refractivity contribution in [3.63, 3.8) is 0 Å². The van der Waals surface area contributed by atoms with Gasteiger partial charge in [-0.05, 0) is 38.9 Å². The SMILES string of the molecule is CC(C)C(C)NC(=O)CN(C)C(C)c1cc2ccccc2o1. The summed E-state index contributed by atoms with van der Waals surface area (Å²) in [7, 11) is 1.94. The monoisotopic (exact) mass is 302 g/mol. The number of benzene rings is 1. The van der Waals surface area contributed by atoms with Crippen molar-refractivity contribution in [1.29, 1.82) is 0 Å². The number of carbonyl (C=O) groups is 1. The Bertz CT molecular complexity index is 600. The van der Waals surface area contributed by atoms with Gasteiger partial charge in [-0.3, -0.25) is 9.69 Å². The summed E-state index contributed by atoms with van der Waals surface area (Å²) in [5.41, 5.74) is 0.885. The number of nitrogens with one attached hydrogen (secondary N) is 1. The van der Waals surface area contributed by atoms with Gasteiger partial charge in [0.2, 0.25) is 5.91 Å². The Morgan fingerprint density at radius 3 is 2.55 bits per heavy atom. The maximum atomic E-state index is 12.1. The van der Waals surface area contributed by atoms with E-state index in [2.05, 4.69) is 26.1 Å². The highest BCUT2D eigenvalue weighted by atomic mass is 16.3. The van der Waals surface area contributed by atoms with Crippen LogP contribution in [0.2, 0.25) is 0 Å². The summed E-state index contributed by atoms with van der Waals surface area (Å²) in [4.78, 5) is 14.1. The van der Waals surface area contributed by atoms with Gasteiger partial charge in [-0.15, -0.1) is 0 Å². The zero-order valence-electron chi connectivity index (χ0n) is 14.1. The van der Waals surface area contributed by atoms with Crippen molar-refractivity contribution in [2.24, 2.45) is 5.92 Å². The lowest BCUT2D eigenvalue weighted by Crippen LogP contribution is -2.42. The highest BCUT2D eigenvalue weighted by molar-refractivity contribution is 5.79. The largest absolute Gasteiger partial charge is 0.459 e. The van der Waals surface area contributed by atoms with Crippen molar-refractivity contribution in [2.75, 3.05) is 13.6 Å². The second-order valence-electron chi connectivity index (χ2n) is 6.38. The molecule has 4 nitrogen and oxygen atoms in total. The topological polar surface area (TPSA) is 45.5 Å². The molecule has 1 N–H and O–H groups in total. The molecule has 1 amide bonds. The molecule has 120 valence electrons. The third-order valence-electron chi connectivity index (χ3n) is 4.30. The van der Waals surface area contributed by atoms with Gasteiger partial charge in [0.1, 0.15) is 11.3 Å². The zero-order valence-corrected chi connectivity index (χ0v) is 14.1. The number of para-hydroxylation sites is 1. The van der Waals surface area contributed by atoms with E-state index in [1.165, 1.54) is 0 Å². The van der Waals surface area contributed by atoms with Crippen LogP contribution in [0.1, 0.15) is 39.5 Å². The molecule has 1 aromatic carbocycles. The van der Waals surface area contributed by atoms with Crippen molar-refractivity contribution in [1.82, 2.24) is 10.2 Å². The molecule has 1 aromatic heterocycles. The lowest BCUT2D eigenvalue weighted by molar-refractivity contribution is -0.123. The van der Waals surface area contributed by atoms with Crippen LogP contribution < -0.4 is 5.32 Å². The molecule has 2 rings (SSSR count). The van der Waals surface area contributed by atoms with E-state index in [9.17, 15) is 4.79 Å². The number of carbonyl (C=O) groups excluding carboxylic acids is 1. The number of amides is 1. The average molecular weight is 302 g/mol. The van der Waals surface area contributed by atoms with E-state index in [1.807, 2.05) is 49.2 Å². The predicted molar refractivity (Wildman–Crippen MR) is 89.7 cm³/mol. The molecule has 0 spiro atoms. The number of rotatable bonds is 6. The Hall–Kier alpha value is -1.81. The van der Waals surface area contributed by atoms with Crippen LogP contribution in [0, 0.1) is 5.92 Å². The van der Waals surface area contributed by atoms with Gasteiger partial charge < -0.3 is 9.73 Å². The van der Waals surface area contributed by atoms with Crippen molar-refractivity contribution < 1.29 is 9.21 Å².